The first kappa shape index (κ1) is 20.8. The number of aromatic nitrogens is 2. The third-order valence-electron chi connectivity index (χ3n) is 4.68. The summed E-state index contributed by atoms with van der Waals surface area (Å²) in [6.07, 6.45) is 0. The van der Waals surface area contributed by atoms with E-state index in [2.05, 4.69) is 5.32 Å². The Morgan fingerprint density at radius 2 is 1.68 bits per heavy atom. The molecule has 31 heavy (non-hydrogen) atoms. The Morgan fingerprint density at radius 1 is 0.968 bits per heavy atom. The molecule has 0 radical (unpaired) electrons. The molecule has 1 aromatic heterocycles. The number of para-hydroxylation sites is 1. The monoisotopic (exact) mass is 459 g/mol. The largest absolute Gasteiger partial charge is 0.638 e. The van der Waals surface area contributed by atoms with E-state index in [4.69, 9.17) is 23.2 Å². The van der Waals surface area contributed by atoms with Crippen LogP contribution < -0.4 is 14.5 Å². The summed E-state index contributed by atoms with van der Waals surface area (Å²) >= 11 is 12.1. The molecule has 1 heterocycles. The van der Waals surface area contributed by atoms with Crippen molar-refractivity contribution in [1.82, 2.24) is 0 Å². The molecule has 9 heteroatoms. The van der Waals surface area contributed by atoms with Gasteiger partial charge in [-0.1, -0.05) is 39.9 Å². The smallest absolute Gasteiger partial charge is 0.459 e. The minimum Gasteiger partial charge on any atom is -0.459 e. The summed E-state index contributed by atoms with van der Waals surface area (Å²) in [4.78, 5) is 12.6. The number of carbonyl (C=O) groups excluding carboxylic acids is 1. The lowest BCUT2D eigenvalue weighted by molar-refractivity contribution is -0.774. The molecule has 3 N–H and O–H groups in total. The van der Waals surface area contributed by atoms with Crippen LogP contribution in [-0.4, -0.2) is 16.1 Å². The van der Waals surface area contributed by atoms with Gasteiger partial charge in [0.25, 0.3) is 5.91 Å². The van der Waals surface area contributed by atoms with Crippen LogP contribution in [0, 0.1) is 5.82 Å². The second kappa shape index (κ2) is 8.37. The van der Waals surface area contributed by atoms with Crippen molar-refractivity contribution in [3.05, 3.63) is 82.6 Å². The van der Waals surface area contributed by atoms with Crippen LogP contribution in [0.15, 0.2) is 66.7 Å². The fourth-order valence-electron chi connectivity index (χ4n) is 3.24. The van der Waals surface area contributed by atoms with E-state index in [1.165, 1.54) is 41.0 Å². The molecule has 4 rings (SSSR count). The number of hydrogen-bond acceptors (Lipinski definition) is 3. The minimum atomic E-state index is -0.455. The Hall–Kier alpha value is -3.42. The Bertz CT molecular complexity index is 1310. The zero-order valence-electron chi connectivity index (χ0n) is 15.9. The van der Waals surface area contributed by atoms with E-state index in [0.29, 0.717) is 27.3 Å². The van der Waals surface area contributed by atoms with Crippen molar-refractivity contribution in [3.63, 3.8) is 0 Å². The highest BCUT2D eigenvalue weighted by Crippen LogP contribution is 2.26. The molecular weight excluding hydrogens is 444 g/mol. The molecule has 0 aliphatic carbocycles. The van der Waals surface area contributed by atoms with Crippen LogP contribution in [0.25, 0.3) is 16.6 Å². The van der Waals surface area contributed by atoms with E-state index in [1.54, 1.807) is 30.3 Å². The topological polar surface area (TPSA) is 77.3 Å². The molecule has 0 saturated heterocycles. The van der Waals surface area contributed by atoms with Gasteiger partial charge in [0.2, 0.25) is 17.7 Å². The lowest BCUT2D eigenvalue weighted by Crippen LogP contribution is -2.49. The van der Waals surface area contributed by atoms with Crippen LogP contribution in [0.5, 0.6) is 11.9 Å². The molecule has 0 atom stereocenters. The molecule has 0 aliphatic heterocycles. The van der Waals surface area contributed by atoms with Crippen LogP contribution in [0.1, 0.15) is 0 Å². The summed E-state index contributed by atoms with van der Waals surface area (Å²) in [6, 6.07) is 16.3. The Balaban J connectivity index is 1.81. The second-order valence-electron chi connectivity index (χ2n) is 6.72. The maximum atomic E-state index is 13.1. The highest BCUT2D eigenvalue weighted by Gasteiger charge is 2.36. The first-order chi connectivity index (χ1) is 14.8. The number of amides is 1. The van der Waals surface area contributed by atoms with Crippen LogP contribution >= 0.6 is 23.2 Å². The number of benzene rings is 3. The normalized spacial score (nSPS) is 10.9. The van der Waals surface area contributed by atoms with E-state index < -0.39 is 17.7 Å². The van der Waals surface area contributed by atoms with Crippen molar-refractivity contribution in [3.8, 4) is 17.6 Å². The van der Waals surface area contributed by atoms with Crippen molar-refractivity contribution >= 4 is 45.7 Å². The van der Waals surface area contributed by atoms with Crippen molar-refractivity contribution in [2.24, 2.45) is 0 Å². The SMILES string of the molecule is O=C(C[n+]1c(O)[n+](-c2ccc(Cl)c(Cl)c2)c(O)c2ccccc21)Nc1ccc(F)cc1. The Kier molecular flexibility index (Phi) is 5.63. The van der Waals surface area contributed by atoms with Crippen molar-refractivity contribution < 1.29 is 28.5 Å². The van der Waals surface area contributed by atoms with Crippen LogP contribution in [0.4, 0.5) is 10.1 Å². The van der Waals surface area contributed by atoms with Gasteiger partial charge in [-0.25, -0.2) is 4.39 Å². The fourth-order valence-corrected chi connectivity index (χ4v) is 3.53. The fraction of sp³-hybridized carbons (Fsp3) is 0.0455. The lowest BCUT2D eigenvalue weighted by Gasteiger charge is -2.06. The number of aromatic hydroxyl groups is 2. The summed E-state index contributed by atoms with van der Waals surface area (Å²) in [6.45, 7) is -0.272. The molecule has 0 fully saturated rings. The van der Waals surface area contributed by atoms with Gasteiger partial charge in [-0.2, -0.15) is 0 Å². The molecule has 4 aromatic rings. The summed E-state index contributed by atoms with van der Waals surface area (Å²) in [7, 11) is 0. The molecule has 0 aliphatic rings. The first-order valence-electron chi connectivity index (χ1n) is 9.14. The number of nitrogens with one attached hydrogen (secondary N) is 1. The summed E-state index contributed by atoms with van der Waals surface area (Å²) in [5, 5.41) is 25.4. The van der Waals surface area contributed by atoms with Crippen LogP contribution in [0.2, 0.25) is 10.0 Å². The van der Waals surface area contributed by atoms with Gasteiger partial charge in [-0.3, -0.25) is 4.79 Å². The van der Waals surface area contributed by atoms with E-state index in [-0.39, 0.29) is 17.4 Å². The van der Waals surface area contributed by atoms with Crippen molar-refractivity contribution in [2.75, 3.05) is 5.32 Å². The quantitative estimate of drug-likeness (QED) is 0.405. The van der Waals surface area contributed by atoms with E-state index in [9.17, 15) is 19.4 Å². The highest BCUT2D eigenvalue weighted by molar-refractivity contribution is 6.42. The van der Waals surface area contributed by atoms with E-state index in [1.807, 2.05) is 0 Å². The van der Waals surface area contributed by atoms with Gasteiger partial charge < -0.3 is 15.5 Å². The zero-order valence-corrected chi connectivity index (χ0v) is 17.4. The molecule has 0 unspecified atom stereocenters. The van der Waals surface area contributed by atoms with E-state index in [0.717, 1.165) is 4.57 Å². The number of anilines is 1. The van der Waals surface area contributed by atoms with Crippen molar-refractivity contribution in [1.29, 1.82) is 0 Å². The zero-order chi connectivity index (χ0) is 22.1. The summed E-state index contributed by atoms with van der Waals surface area (Å²) in [5.41, 5.74) is 1.19. The number of fused-ring (bicyclic) bond motifs is 1. The van der Waals surface area contributed by atoms with Gasteiger partial charge >= 0.3 is 11.9 Å². The average Bonchev–Trinajstić information content (AvgIpc) is 2.75. The predicted octanol–water partition coefficient (Wildman–Crippen LogP) is 3.90. The van der Waals surface area contributed by atoms with Gasteiger partial charge in [0.15, 0.2) is 5.39 Å². The Labute approximate surface area is 186 Å². The summed E-state index contributed by atoms with van der Waals surface area (Å²) in [5.74, 6) is -1.11. The number of halogens is 3. The third kappa shape index (κ3) is 4.10. The number of rotatable bonds is 4. The molecule has 156 valence electrons. The molecule has 0 saturated carbocycles. The average molecular weight is 460 g/mol. The summed E-state index contributed by atoms with van der Waals surface area (Å²) < 4.78 is 15.6. The standard InChI is InChI=1S/C22H14Cl2FN3O3/c23-17-10-9-15(11-18(17)24)28-21(30)16-3-1-2-4-19(16)27(22(28)31)12-20(29)26-14-7-5-13(25)6-8-14/h1-11H,12H2,(H,26,29)/p+2. The first-order valence-corrected chi connectivity index (χ1v) is 9.90. The van der Waals surface area contributed by atoms with Crippen LogP contribution in [-0.2, 0) is 11.3 Å². The maximum absolute atomic E-state index is 13.1. The molecule has 3 aromatic carbocycles. The minimum absolute atomic E-state index is 0.235. The molecule has 1 amide bonds. The van der Waals surface area contributed by atoms with Gasteiger partial charge in [0.05, 0.1) is 10.0 Å². The van der Waals surface area contributed by atoms with Gasteiger partial charge in [-0.15, -0.1) is 0 Å². The van der Waals surface area contributed by atoms with Gasteiger partial charge in [0, 0.05) is 23.9 Å². The third-order valence-corrected chi connectivity index (χ3v) is 5.42. The molecule has 0 bridgehead atoms. The molecule has 0 spiro atoms. The number of nitrogens with zero attached hydrogens (tertiary/aromatic N) is 2. The Morgan fingerprint density at radius 3 is 2.39 bits per heavy atom. The van der Waals surface area contributed by atoms with Gasteiger partial charge in [0.1, 0.15) is 5.82 Å². The predicted molar refractivity (Wildman–Crippen MR) is 114 cm³/mol. The van der Waals surface area contributed by atoms with E-state index >= 15 is 0 Å². The molecule has 6 nitrogen and oxygen atoms in total. The number of carbonyl (C=O) groups is 1. The van der Waals surface area contributed by atoms with Gasteiger partial charge in [-0.05, 0) is 41.0 Å². The lowest BCUT2D eigenvalue weighted by atomic mass is 10.2. The second-order valence-corrected chi connectivity index (χ2v) is 7.53. The number of hydrogen-bond donors (Lipinski definition) is 3. The molecular formula is C22H16Cl2FN3O3+2. The highest BCUT2D eigenvalue weighted by atomic mass is 35.5. The maximum Gasteiger partial charge on any atom is 0.638 e. The van der Waals surface area contributed by atoms with Crippen LogP contribution in [0.3, 0.4) is 0 Å². The van der Waals surface area contributed by atoms with Crippen molar-refractivity contribution in [2.45, 2.75) is 6.54 Å².